The van der Waals surface area contributed by atoms with Gasteiger partial charge >= 0.3 is 0 Å². The third-order valence-corrected chi connectivity index (χ3v) is 5.65. The summed E-state index contributed by atoms with van der Waals surface area (Å²) < 4.78 is 7.55. The zero-order valence-corrected chi connectivity index (χ0v) is 18.9. The van der Waals surface area contributed by atoms with E-state index in [1.807, 2.05) is 18.3 Å². The fourth-order valence-electron chi connectivity index (χ4n) is 3.14. The largest absolute Gasteiger partial charge is 0.487 e. The van der Waals surface area contributed by atoms with Crippen molar-refractivity contribution in [3.05, 3.63) is 111 Å². The highest BCUT2D eigenvalue weighted by atomic mass is 35.5. The minimum Gasteiger partial charge on any atom is -0.487 e. The van der Waals surface area contributed by atoms with Crippen molar-refractivity contribution in [2.75, 3.05) is 5.32 Å². The van der Waals surface area contributed by atoms with E-state index < -0.39 is 0 Å². The first-order valence-electron chi connectivity index (χ1n) is 10.0. The lowest BCUT2D eigenvalue weighted by atomic mass is 10.1. The molecule has 0 aliphatic rings. The van der Waals surface area contributed by atoms with Crippen molar-refractivity contribution >= 4 is 34.9 Å². The summed E-state index contributed by atoms with van der Waals surface area (Å²) in [6.45, 7) is 2.94. The van der Waals surface area contributed by atoms with E-state index in [1.165, 1.54) is 5.56 Å². The lowest BCUT2D eigenvalue weighted by molar-refractivity contribution is 0.102. The molecular formula is C25H21Cl2N3O2. The molecule has 3 aromatic carbocycles. The van der Waals surface area contributed by atoms with Crippen LogP contribution >= 0.6 is 23.2 Å². The Labute approximate surface area is 196 Å². The molecule has 0 bridgehead atoms. The zero-order chi connectivity index (χ0) is 22.5. The van der Waals surface area contributed by atoms with Gasteiger partial charge in [-0.1, -0.05) is 71.2 Å². The molecule has 5 nitrogen and oxygen atoms in total. The number of nitrogens with zero attached hydrogens (tertiary/aromatic N) is 2. The Morgan fingerprint density at radius 1 is 1.00 bits per heavy atom. The number of carbonyl (C=O) groups excluding carboxylic acids is 1. The topological polar surface area (TPSA) is 56.2 Å². The second-order valence-corrected chi connectivity index (χ2v) is 8.16. The molecule has 0 spiro atoms. The van der Waals surface area contributed by atoms with Crippen molar-refractivity contribution in [2.24, 2.45) is 0 Å². The molecule has 0 radical (unpaired) electrons. The van der Waals surface area contributed by atoms with Crippen LogP contribution in [-0.4, -0.2) is 15.7 Å². The van der Waals surface area contributed by atoms with Crippen molar-refractivity contribution < 1.29 is 9.53 Å². The molecule has 7 heteroatoms. The zero-order valence-electron chi connectivity index (χ0n) is 17.4. The third kappa shape index (κ3) is 5.49. The van der Waals surface area contributed by atoms with Gasteiger partial charge in [0, 0.05) is 17.8 Å². The number of carbonyl (C=O) groups is 1. The molecular weight excluding hydrogens is 445 g/mol. The first kappa shape index (κ1) is 21.9. The van der Waals surface area contributed by atoms with Gasteiger partial charge in [0.1, 0.15) is 17.4 Å². The summed E-state index contributed by atoms with van der Waals surface area (Å²) in [6.07, 6.45) is 1.84. The third-order valence-electron chi connectivity index (χ3n) is 4.85. The second kappa shape index (κ2) is 9.90. The predicted octanol–water partition coefficient (Wildman–Crippen LogP) is 6.38. The fraction of sp³-hybridized carbons (Fsp3) is 0.120. The number of hydrogen-bond acceptors (Lipinski definition) is 3. The highest BCUT2D eigenvalue weighted by Crippen LogP contribution is 2.32. The standard InChI is InChI=1S/C25H21Cl2N3O2/c1-17-8-10-18(11-9-17)15-30-13-12-23(29-30)28-25(31)20-5-2-4-19(14-20)16-32-22-7-3-6-21(26)24(22)27/h2-14H,15-16H2,1H3,(H,28,29,31). The van der Waals surface area contributed by atoms with Crippen molar-refractivity contribution in [1.29, 1.82) is 0 Å². The van der Waals surface area contributed by atoms with Crippen LogP contribution in [0, 0.1) is 6.92 Å². The maximum atomic E-state index is 12.7. The average molecular weight is 466 g/mol. The van der Waals surface area contributed by atoms with Crippen LogP contribution in [0.5, 0.6) is 5.75 Å². The highest BCUT2D eigenvalue weighted by Gasteiger charge is 2.10. The molecule has 0 saturated carbocycles. The molecule has 0 aliphatic carbocycles. The summed E-state index contributed by atoms with van der Waals surface area (Å²) in [5.41, 5.74) is 3.70. The van der Waals surface area contributed by atoms with E-state index in [2.05, 4.69) is 41.6 Å². The Morgan fingerprint density at radius 3 is 2.59 bits per heavy atom. The molecule has 1 heterocycles. The van der Waals surface area contributed by atoms with Gasteiger partial charge in [-0.2, -0.15) is 5.10 Å². The SMILES string of the molecule is Cc1ccc(Cn2ccc(NC(=O)c3cccc(COc4cccc(Cl)c4Cl)c3)n2)cc1. The van der Waals surface area contributed by atoms with Crippen LogP contribution < -0.4 is 10.1 Å². The molecule has 1 aromatic heterocycles. The molecule has 162 valence electrons. The number of nitrogens with one attached hydrogen (secondary N) is 1. The number of amides is 1. The Balaban J connectivity index is 1.38. The second-order valence-electron chi connectivity index (χ2n) is 7.38. The number of hydrogen-bond donors (Lipinski definition) is 1. The number of rotatable bonds is 7. The molecule has 4 rings (SSSR count). The summed E-state index contributed by atoms with van der Waals surface area (Å²) >= 11 is 12.2. The van der Waals surface area contributed by atoms with Crippen molar-refractivity contribution in [2.45, 2.75) is 20.1 Å². The van der Waals surface area contributed by atoms with Crippen LogP contribution in [0.4, 0.5) is 5.82 Å². The van der Waals surface area contributed by atoms with Gasteiger partial charge in [-0.05, 0) is 42.3 Å². The summed E-state index contributed by atoms with van der Waals surface area (Å²) in [5, 5.41) is 8.08. The molecule has 4 aromatic rings. The maximum Gasteiger partial charge on any atom is 0.256 e. The predicted molar refractivity (Wildman–Crippen MR) is 128 cm³/mol. The van der Waals surface area contributed by atoms with Gasteiger partial charge in [0.2, 0.25) is 0 Å². The average Bonchev–Trinajstić information content (AvgIpc) is 3.23. The molecule has 0 aliphatic heterocycles. The monoisotopic (exact) mass is 465 g/mol. The van der Waals surface area contributed by atoms with Crippen molar-refractivity contribution in [3.8, 4) is 5.75 Å². The first-order valence-corrected chi connectivity index (χ1v) is 10.8. The van der Waals surface area contributed by atoms with Crippen LogP contribution in [0.3, 0.4) is 0 Å². The number of anilines is 1. The lowest BCUT2D eigenvalue weighted by Gasteiger charge is -2.10. The Hall–Kier alpha value is -3.28. The Bertz CT molecular complexity index is 1240. The smallest absolute Gasteiger partial charge is 0.256 e. The molecule has 32 heavy (non-hydrogen) atoms. The van der Waals surface area contributed by atoms with Gasteiger partial charge in [0.15, 0.2) is 5.82 Å². The van der Waals surface area contributed by atoms with Crippen molar-refractivity contribution in [1.82, 2.24) is 9.78 Å². The molecule has 0 unspecified atom stereocenters. The van der Waals surface area contributed by atoms with Gasteiger partial charge in [-0.3, -0.25) is 9.48 Å². The van der Waals surface area contributed by atoms with Gasteiger partial charge in [0.05, 0.1) is 11.6 Å². The van der Waals surface area contributed by atoms with Gasteiger partial charge < -0.3 is 10.1 Å². The Morgan fingerprint density at radius 2 is 1.78 bits per heavy atom. The number of aromatic nitrogens is 2. The maximum absolute atomic E-state index is 12.7. The summed E-state index contributed by atoms with van der Waals surface area (Å²) in [4.78, 5) is 12.7. The molecule has 1 N–H and O–H groups in total. The summed E-state index contributed by atoms with van der Waals surface area (Å²) in [7, 11) is 0. The molecule has 0 atom stereocenters. The quantitative estimate of drug-likeness (QED) is 0.344. The number of halogens is 2. The number of benzene rings is 3. The van der Waals surface area contributed by atoms with E-state index >= 15 is 0 Å². The van der Waals surface area contributed by atoms with E-state index in [0.717, 1.165) is 11.1 Å². The van der Waals surface area contributed by atoms with Crippen molar-refractivity contribution in [3.63, 3.8) is 0 Å². The van der Waals surface area contributed by atoms with Gasteiger partial charge in [0.25, 0.3) is 5.91 Å². The first-order chi connectivity index (χ1) is 15.5. The molecule has 0 fully saturated rings. The lowest BCUT2D eigenvalue weighted by Crippen LogP contribution is -2.13. The fourth-order valence-corrected chi connectivity index (χ4v) is 3.49. The van der Waals surface area contributed by atoms with Crippen LogP contribution in [0.25, 0.3) is 0 Å². The molecule has 0 saturated heterocycles. The summed E-state index contributed by atoms with van der Waals surface area (Å²) in [5.74, 6) is 0.746. The van der Waals surface area contributed by atoms with E-state index in [4.69, 9.17) is 27.9 Å². The van der Waals surface area contributed by atoms with E-state index in [0.29, 0.717) is 33.7 Å². The molecule has 1 amide bonds. The van der Waals surface area contributed by atoms with E-state index in [-0.39, 0.29) is 12.5 Å². The summed E-state index contributed by atoms with van der Waals surface area (Å²) in [6, 6.07) is 22.5. The van der Waals surface area contributed by atoms with Crippen LogP contribution in [0.1, 0.15) is 27.0 Å². The minimum atomic E-state index is -0.242. The number of aryl methyl sites for hydroxylation is 1. The normalized spacial score (nSPS) is 10.7. The van der Waals surface area contributed by atoms with E-state index in [9.17, 15) is 4.79 Å². The van der Waals surface area contributed by atoms with Crippen LogP contribution in [0.2, 0.25) is 10.0 Å². The van der Waals surface area contributed by atoms with Gasteiger partial charge in [-0.25, -0.2) is 0 Å². The highest BCUT2D eigenvalue weighted by molar-refractivity contribution is 6.42. The number of ether oxygens (including phenoxy) is 1. The Kier molecular flexibility index (Phi) is 6.78. The van der Waals surface area contributed by atoms with E-state index in [1.54, 1.807) is 41.1 Å². The van der Waals surface area contributed by atoms with Gasteiger partial charge in [-0.15, -0.1) is 0 Å². The van der Waals surface area contributed by atoms with Crippen LogP contribution in [-0.2, 0) is 13.2 Å². The van der Waals surface area contributed by atoms with Crippen LogP contribution in [0.15, 0.2) is 79.0 Å². The minimum absolute atomic E-state index is 0.242.